The van der Waals surface area contributed by atoms with Crippen molar-refractivity contribution in [3.8, 4) is 5.75 Å². The van der Waals surface area contributed by atoms with E-state index in [1.165, 1.54) is 12.1 Å². The van der Waals surface area contributed by atoms with Gasteiger partial charge >= 0.3 is 0 Å². The zero-order valence-electron chi connectivity index (χ0n) is 11.0. The fourth-order valence-corrected chi connectivity index (χ4v) is 1.91. The molecule has 0 aliphatic heterocycles. The summed E-state index contributed by atoms with van der Waals surface area (Å²) in [6.07, 6.45) is 0. The molecule has 0 unspecified atom stereocenters. The molecule has 1 aromatic carbocycles. The molecule has 0 bridgehead atoms. The van der Waals surface area contributed by atoms with Gasteiger partial charge in [0.15, 0.2) is 11.6 Å². The maximum atomic E-state index is 13.0. The van der Waals surface area contributed by atoms with E-state index in [1.807, 2.05) is 13.8 Å². The molecule has 0 aliphatic carbocycles. The zero-order valence-corrected chi connectivity index (χ0v) is 12.0. The highest BCUT2D eigenvalue weighted by molar-refractivity contribution is 6.31. The summed E-state index contributed by atoms with van der Waals surface area (Å²) in [6, 6.07) is 4.32. The molecule has 17 heavy (non-hydrogen) atoms. The first-order valence-corrected chi connectivity index (χ1v) is 6.47. The van der Waals surface area contributed by atoms with E-state index in [4.69, 9.17) is 4.43 Å². The number of rotatable bonds is 3. The quantitative estimate of drug-likeness (QED) is 0.835. The highest BCUT2D eigenvalue weighted by Crippen LogP contribution is 2.31. The Kier molecular flexibility index (Phi) is 3.99. The minimum absolute atomic E-state index is 0.0966. The van der Waals surface area contributed by atoms with Crippen molar-refractivity contribution in [2.75, 3.05) is 0 Å². The Bertz CT molecular complexity index is 397. The van der Waals surface area contributed by atoms with E-state index in [1.54, 1.807) is 6.07 Å². The van der Waals surface area contributed by atoms with Gasteiger partial charge in [-0.15, -0.1) is 0 Å². The number of benzene rings is 1. The zero-order chi connectivity index (χ0) is 13.3. The Morgan fingerprint density at radius 3 is 2.24 bits per heavy atom. The number of hydrogen-bond donors (Lipinski definition) is 1. The molecule has 4 heteroatoms. The van der Waals surface area contributed by atoms with Crippen LogP contribution in [-0.2, 0) is 10.0 Å². The predicted molar refractivity (Wildman–Crippen MR) is 67.6 cm³/mol. The van der Waals surface area contributed by atoms with E-state index < -0.39 is 11.4 Å². The largest absolute Gasteiger partial charge is 0.505 e. The molecule has 0 aliphatic rings. The lowest BCUT2D eigenvalue weighted by molar-refractivity contribution is 0.109. The van der Waals surface area contributed by atoms with Gasteiger partial charge in [-0.25, -0.2) is 4.39 Å². The fraction of sp³-hybridized carbons (Fsp3) is 0.538. The number of halogens is 1. The second-order valence-electron chi connectivity index (χ2n) is 5.63. The molecule has 0 spiro atoms. The third-order valence-corrected chi connectivity index (χ3v) is 3.48. The summed E-state index contributed by atoms with van der Waals surface area (Å²) < 4.78 is 18.8. The molecule has 0 amide bonds. The van der Waals surface area contributed by atoms with E-state index in [0.717, 1.165) is 5.56 Å². The van der Waals surface area contributed by atoms with Crippen molar-refractivity contribution in [2.24, 2.45) is 0 Å². The van der Waals surface area contributed by atoms with Crippen LogP contribution in [0.3, 0.4) is 0 Å². The Labute approximate surface area is 105 Å². The average molecular weight is 254 g/mol. The van der Waals surface area contributed by atoms with Gasteiger partial charge in [0.2, 0.25) is 9.76 Å². The first-order valence-electron chi connectivity index (χ1n) is 5.56. The van der Waals surface area contributed by atoms with Crippen LogP contribution in [0.4, 0.5) is 4.39 Å². The summed E-state index contributed by atoms with van der Waals surface area (Å²) in [5.74, 6) is -0.943. The van der Waals surface area contributed by atoms with Gasteiger partial charge in [0.25, 0.3) is 0 Å². The molecule has 0 atom stereocenters. The van der Waals surface area contributed by atoms with Gasteiger partial charge in [0.05, 0.1) is 5.60 Å². The van der Waals surface area contributed by atoms with Gasteiger partial charge in [0, 0.05) is 0 Å². The topological polar surface area (TPSA) is 29.5 Å². The smallest absolute Gasteiger partial charge is 0.236 e. The molecule has 2 nitrogen and oxygen atoms in total. The van der Waals surface area contributed by atoms with Crippen LogP contribution in [0.5, 0.6) is 5.75 Å². The van der Waals surface area contributed by atoms with Crippen molar-refractivity contribution in [2.45, 2.75) is 45.3 Å². The molecule has 0 saturated carbocycles. The van der Waals surface area contributed by atoms with E-state index in [0.29, 0.717) is 9.76 Å². The van der Waals surface area contributed by atoms with Gasteiger partial charge in [0.1, 0.15) is 0 Å². The van der Waals surface area contributed by atoms with E-state index in [-0.39, 0.29) is 10.8 Å². The Hall–Kier alpha value is -0.873. The molecule has 0 saturated heterocycles. The standard InChI is InChI=1S/C13H19FO2Si/c1-12(2,3)17-16-13(4,5)9-6-7-10(14)11(15)8-9/h6-8,15H,1-5H3. The van der Waals surface area contributed by atoms with Crippen molar-refractivity contribution in [1.82, 2.24) is 0 Å². The normalized spacial score (nSPS) is 12.8. The molecule has 2 radical (unpaired) electrons. The third kappa shape index (κ3) is 4.13. The number of phenolic OH excluding ortho intramolecular Hbond substituents is 1. The van der Waals surface area contributed by atoms with Crippen LogP contribution in [0.15, 0.2) is 18.2 Å². The Morgan fingerprint density at radius 1 is 1.18 bits per heavy atom. The predicted octanol–water partition coefficient (Wildman–Crippen LogP) is 3.62. The molecule has 1 aromatic rings. The summed E-state index contributed by atoms with van der Waals surface area (Å²) in [5, 5.41) is 9.46. The summed E-state index contributed by atoms with van der Waals surface area (Å²) in [6.45, 7) is 10.1. The Balaban J connectivity index is 2.85. The van der Waals surface area contributed by atoms with Crippen LogP contribution in [0.1, 0.15) is 40.2 Å². The lowest BCUT2D eigenvalue weighted by atomic mass is 9.98. The van der Waals surface area contributed by atoms with Crippen LogP contribution in [0, 0.1) is 5.82 Å². The fourth-order valence-electron chi connectivity index (χ4n) is 1.23. The molecule has 0 heterocycles. The summed E-state index contributed by atoms with van der Waals surface area (Å²) in [7, 11) is 0.337. The average Bonchev–Trinajstić information content (AvgIpc) is 2.18. The number of aromatic hydroxyl groups is 1. The van der Waals surface area contributed by atoms with E-state index >= 15 is 0 Å². The van der Waals surface area contributed by atoms with Crippen LogP contribution >= 0.6 is 0 Å². The number of hydrogen-bond acceptors (Lipinski definition) is 2. The van der Waals surface area contributed by atoms with Crippen molar-refractivity contribution >= 4 is 9.76 Å². The van der Waals surface area contributed by atoms with Gasteiger partial charge < -0.3 is 9.53 Å². The second kappa shape index (κ2) is 4.78. The minimum atomic E-state index is -0.608. The SMILES string of the molecule is CC(C)(C)[Si]OC(C)(C)c1ccc(F)c(O)c1. The van der Waals surface area contributed by atoms with Gasteiger partial charge in [-0.3, -0.25) is 0 Å². The number of phenols is 1. The monoisotopic (exact) mass is 254 g/mol. The van der Waals surface area contributed by atoms with Crippen molar-refractivity contribution in [3.63, 3.8) is 0 Å². The molecule has 1 rings (SSSR count). The molecular formula is C13H19FO2Si. The van der Waals surface area contributed by atoms with E-state index in [9.17, 15) is 9.50 Å². The second-order valence-corrected chi connectivity index (χ2v) is 7.54. The maximum absolute atomic E-state index is 13.0. The maximum Gasteiger partial charge on any atom is 0.236 e. The lowest BCUT2D eigenvalue weighted by Gasteiger charge is -2.29. The van der Waals surface area contributed by atoms with Crippen LogP contribution in [0.25, 0.3) is 0 Å². The summed E-state index contributed by atoms with van der Waals surface area (Å²) in [5.41, 5.74) is 0.241. The van der Waals surface area contributed by atoms with Gasteiger partial charge in [-0.1, -0.05) is 26.8 Å². The highest BCUT2D eigenvalue weighted by atomic mass is 28.2. The van der Waals surface area contributed by atoms with Crippen LogP contribution < -0.4 is 0 Å². The first kappa shape index (κ1) is 14.2. The summed E-state index contributed by atoms with van der Waals surface area (Å²) in [4.78, 5) is 0. The third-order valence-electron chi connectivity index (χ3n) is 2.25. The first-order chi connectivity index (χ1) is 7.62. The van der Waals surface area contributed by atoms with Gasteiger partial charge in [-0.2, -0.15) is 0 Å². The van der Waals surface area contributed by atoms with Gasteiger partial charge in [-0.05, 0) is 36.6 Å². The highest BCUT2D eigenvalue weighted by Gasteiger charge is 2.26. The van der Waals surface area contributed by atoms with E-state index in [2.05, 4.69) is 20.8 Å². The minimum Gasteiger partial charge on any atom is -0.505 e. The lowest BCUT2D eigenvalue weighted by Crippen LogP contribution is -2.27. The molecule has 0 aromatic heterocycles. The summed E-state index contributed by atoms with van der Waals surface area (Å²) >= 11 is 0. The molecule has 0 fully saturated rings. The van der Waals surface area contributed by atoms with Crippen molar-refractivity contribution < 1.29 is 13.9 Å². The van der Waals surface area contributed by atoms with Crippen molar-refractivity contribution in [1.29, 1.82) is 0 Å². The molecule has 94 valence electrons. The van der Waals surface area contributed by atoms with Crippen LogP contribution in [0.2, 0.25) is 5.04 Å². The molecule has 1 N–H and O–H groups in total. The Morgan fingerprint density at radius 2 is 1.76 bits per heavy atom. The van der Waals surface area contributed by atoms with Crippen LogP contribution in [-0.4, -0.2) is 14.9 Å². The molecular weight excluding hydrogens is 235 g/mol. The van der Waals surface area contributed by atoms with Crippen molar-refractivity contribution in [3.05, 3.63) is 29.6 Å².